The van der Waals surface area contributed by atoms with Gasteiger partial charge in [-0.3, -0.25) is 10.1 Å². The second-order valence-electron chi connectivity index (χ2n) is 3.55. The van der Waals surface area contributed by atoms with Crippen molar-refractivity contribution in [1.82, 2.24) is 0 Å². The number of nitrogens with zero attached hydrogens (tertiary/aromatic N) is 1. The molecule has 7 heteroatoms. The first-order chi connectivity index (χ1) is 9.08. The Kier molecular flexibility index (Phi) is 5.74. The Balaban J connectivity index is 2.67. The minimum Gasteiger partial charge on any atom is -0.496 e. The van der Waals surface area contributed by atoms with Crippen LogP contribution in [0.1, 0.15) is 12.5 Å². The molecule has 1 rings (SSSR count). The summed E-state index contributed by atoms with van der Waals surface area (Å²) in [6.45, 7) is 1.80. The third kappa shape index (κ3) is 4.55. The number of nitro benzene ring substituents is 1. The first-order valence-corrected chi connectivity index (χ1v) is 5.63. The third-order valence-electron chi connectivity index (χ3n) is 2.26. The van der Waals surface area contributed by atoms with Crippen LogP contribution in [-0.4, -0.2) is 31.2 Å². The first-order valence-electron chi connectivity index (χ1n) is 5.63. The number of esters is 1. The monoisotopic (exact) mass is 269 g/mol. The number of rotatable bonds is 7. The zero-order valence-corrected chi connectivity index (χ0v) is 10.8. The summed E-state index contributed by atoms with van der Waals surface area (Å²) in [5.74, 6) is -0.0126. The summed E-state index contributed by atoms with van der Waals surface area (Å²) in [7, 11) is 1.45. The number of hydrogen-bond donors (Lipinski definition) is 0. The molecule has 0 radical (unpaired) electrons. The molecule has 0 aliphatic heterocycles. The van der Waals surface area contributed by atoms with Gasteiger partial charge in [0.15, 0.2) is 0 Å². The predicted molar refractivity (Wildman–Crippen MR) is 65.9 cm³/mol. The zero-order valence-electron chi connectivity index (χ0n) is 10.8. The van der Waals surface area contributed by atoms with Crippen molar-refractivity contribution in [3.8, 4) is 5.75 Å². The summed E-state index contributed by atoms with van der Waals surface area (Å²) in [5, 5.41) is 10.7. The van der Waals surface area contributed by atoms with Crippen molar-refractivity contribution in [2.24, 2.45) is 0 Å². The van der Waals surface area contributed by atoms with E-state index in [1.807, 2.05) is 0 Å². The largest absolute Gasteiger partial charge is 0.496 e. The van der Waals surface area contributed by atoms with Crippen LogP contribution in [0.5, 0.6) is 5.75 Å². The lowest BCUT2D eigenvalue weighted by Crippen LogP contribution is -2.12. The smallest absolute Gasteiger partial charge is 0.332 e. The second-order valence-corrected chi connectivity index (χ2v) is 3.55. The molecular weight excluding hydrogens is 254 g/mol. The van der Waals surface area contributed by atoms with Gasteiger partial charge >= 0.3 is 5.97 Å². The number of carbonyl (C=O) groups is 1. The van der Waals surface area contributed by atoms with Gasteiger partial charge in [0.25, 0.3) is 5.69 Å². The molecule has 0 spiro atoms. The molecule has 1 aromatic rings. The van der Waals surface area contributed by atoms with Gasteiger partial charge in [-0.2, -0.15) is 0 Å². The topological polar surface area (TPSA) is 87.9 Å². The number of benzene rings is 1. The van der Waals surface area contributed by atoms with Crippen LogP contribution < -0.4 is 4.74 Å². The Morgan fingerprint density at radius 3 is 2.74 bits per heavy atom. The lowest BCUT2D eigenvalue weighted by Gasteiger charge is -2.08. The fourth-order valence-electron chi connectivity index (χ4n) is 1.44. The first kappa shape index (κ1) is 14.9. The van der Waals surface area contributed by atoms with Gasteiger partial charge in [-0.15, -0.1) is 0 Å². The lowest BCUT2D eigenvalue weighted by molar-refractivity contribution is -0.385. The molecule has 0 saturated heterocycles. The van der Waals surface area contributed by atoms with Gasteiger partial charge in [0, 0.05) is 17.7 Å². The SMILES string of the molecule is CCOC(=O)COCc1cc([N+](=O)[O-])ccc1OC. The maximum Gasteiger partial charge on any atom is 0.332 e. The molecule has 0 unspecified atom stereocenters. The average Bonchev–Trinajstić information content (AvgIpc) is 2.38. The van der Waals surface area contributed by atoms with Crippen molar-refractivity contribution in [2.45, 2.75) is 13.5 Å². The molecule has 0 aromatic heterocycles. The minimum absolute atomic E-state index is 0.0314. The van der Waals surface area contributed by atoms with Crippen LogP contribution in [0.3, 0.4) is 0 Å². The molecule has 0 N–H and O–H groups in total. The zero-order chi connectivity index (χ0) is 14.3. The highest BCUT2D eigenvalue weighted by Crippen LogP contribution is 2.24. The summed E-state index contributed by atoms with van der Waals surface area (Å²) >= 11 is 0. The highest BCUT2D eigenvalue weighted by atomic mass is 16.6. The molecular formula is C12H15NO6. The quantitative estimate of drug-likeness (QED) is 0.425. The third-order valence-corrected chi connectivity index (χ3v) is 2.26. The van der Waals surface area contributed by atoms with E-state index in [9.17, 15) is 14.9 Å². The van der Waals surface area contributed by atoms with E-state index in [4.69, 9.17) is 14.2 Å². The number of carbonyl (C=O) groups excluding carboxylic acids is 1. The predicted octanol–water partition coefficient (Wildman–Crippen LogP) is 1.68. The fraction of sp³-hybridized carbons (Fsp3) is 0.417. The van der Waals surface area contributed by atoms with Crippen molar-refractivity contribution >= 4 is 11.7 Å². The number of non-ortho nitro benzene ring substituents is 1. The molecule has 7 nitrogen and oxygen atoms in total. The molecule has 0 aliphatic rings. The van der Waals surface area contributed by atoms with Crippen molar-refractivity contribution in [2.75, 3.05) is 20.3 Å². The highest BCUT2D eigenvalue weighted by Gasteiger charge is 2.12. The van der Waals surface area contributed by atoms with Crippen LogP contribution >= 0.6 is 0 Å². The van der Waals surface area contributed by atoms with E-state index in [2.05, 4.69) is 0 Å². The summed E-state index contributed by atoms with van der Waals surface area (Å²) < 4.78 is 14.9. The van der Waals surface area contributed by atoms with Crippen LogP contribution in [0.25, 0.3) is 0 Å². The van der Waals surface area contributed by atoms with Gasteiger partial charge in [-0.1, -0.05) is 0 Å². The van der Waals surface area contributed by atoms with Gasteiger partial charge in [0.2, 0.25) is 0 Å². The maximum absolute atomic E-state index is 11.1. The molecule has 0 heterocycles. The number of hydrogen-bond acceptors (Lipinski definition) is 6. The molecule has 0 amide bonds. The van der Waals surface area contributed by atoms with Gasteiger partial charge in [-0.25, -0.2) is 4.79 Å². The molecule has 104 valence electrons. The summed E-state index contributed by atoms with van der Waals surface area (Å²) in [4.78, 5) is 21.2. The van der Waals surface area contributed by atoms with E-state index in [-0.39, 0.29) is 25.5 Å². The molecule has 0 atom stereocenters. The van der Waals surface area contributed by atoms with Gasteiger partial charge in [0.1, 0.15) is 12.4 Å². The number of methoxy groups -OCH3 is 1. The van der Waals surface area contributed by atoms with Crippen LogP contribution in [0.4, 0.5) is 5.69 Å². The van der Waals surface area contributed by atoms with E-state index in [0.717, 1.165) is 0 Å². The molecule has 0 aliphatic carbocycles. The Bertz CT molecular complexity index is 460. The van der Waals surface area contributed by atoms with E-state index in [1.165, 1.54) is 25.3 Å². The van der Waals surface area contributed by atoms with Crippen LogP contribution in [-0.2, 0) is 20.9 Å². The maximum atomic E-state index is 11.1. The lowest BCUT2D eigenvalue weighted by atomic mass is 10.2. The second kappa shape index (κ2) is 7.32. The molecule has 0 saturated carbocycles. The number of nitro groups is 1. The van der Waals surface area contributed by atoms with Crippen molar-refractivity contribution < 1.29 is 23.9 Å². The van der Waals surface area contributed by atoms with E-state index >= 15 is 0 Å². The van der Waals surface area contributed by atoms with Gasteiger partial charge < -0.3 is 14.2 Å². The van der Waals surface area contributed by atoms with Crippen LogP contribution in [0, 0.1) is 10.1 Å². The fourth-order valence-corrected chi connectivity index (χ4v) is 1.44. The Hall–Kier alpha value is -2.15. The minimum atomic E-state index is -0.506. The summed E-state index contributed by atoms with van der Waals surface area (Å²) in [6, 6.07) is 4.18. The van der Waals surface area contributed by atoms with Gasteiger partial charge in [-0.05, 0) is 13.0 Å². The normalized spacial score (nSPS) is 10.0. The average molecular weight is 269 g/mol. The highest BCUT2D eigenvalue weighted by molar-refractivity contribution is 5.70. The standard InChI is InChI=1S/C12H15NO6/c1-3-19-12(14)8-18-7-9-6-10(13(15)16)4-5-11(9)17-2/h4-6H,3,7-8H2,1-2H3. The van der Waals surface area contributed by atoms with Crippen molar-refractivity contribution in [3.63, 3.8) is 0 Å². The van der Waals surface area contributed by atoms with Gasteiger partial charge in [0.05, 0.1) is 25.2 Å². The Morgan fingerprint density at radius 2 is 2.16 bits per heavy atom. The van der Waals surface area contributed by atoms with E-state index < -0.39 is 10.9 Å². The Morgan fingerprint density at radius 1 is 1.42 bits per heavy atom. The molecule has 0 bridgehead atoms. The van der Waals surface area contributed by atoms with Crippen molar-refractivity contribution in [1.29, 1.82) is 0 Å². The molecule has 0 fully saturated rings. The van der Waals surface area contributed by atoms with Crippen molar-refractivity contribution in [3.05, 3.63) is 33.9 Å². The molecule has 19 heavy (non-hydrogen) atoms. The van der Waals surface area contributed by atoms with E-state index in [0.29, 0.717) is 11.3 Å². The Labute approximate surface area is 110 Å². The van der Waals surface area contributed by atoms with Crippen LogP contribution in [0.2, 0.25) is 0 Å². The summed E-state index contributed by atoms with van der Waals surface area (Å²) in [6.07, 6.45) is 0. The van der Waals surface area contributed by atoms with Crippen LogP contribution in [0.15, 0.2) is 18.2 Å². The number of ether oxygens (including phenoxy) is 3. The molecule has 1 aromatic carbocycles. The summed E-state index contributed by atoms with van der Waals surface area (Å²) in [5.41, 5.74) is 0.441. The van der Waals surface area contributed by atoms with E-state index in [1.54, 1.807) is 6.92 Å².